The van der Waals surface area contributed by atoms with Gasteiger partial charge in [0.05, 0.1) is 21.8 Å². The number of sulfonamides is 1. The van der Waals surface area contributed by atoms with Crippen LogP contribution in [0.4, 0.5) is 11.4 Å². The molecule has 0 spiro atoms. The molecule has 0 fully saturated rings. The molecule has 0 heterocycles. The van der Waals surface area contributed by atoms with Crippen molar-refractivity contribution in [1.82, 2.24) is 5.32 Å². The number of hydrogen-bond donors (Lipinski definition) is 2. The van der Waals surface area contributed by atoms with Crippen LogP contribution in [-0.2, 0) is 14.8 Å². The van der Waals surface area contributed by atoms with Crippen LogP contribution >= 0.6 is 11.6 Å². The van der Waals surface area contributed by atoms with Gasteiger partial charge in [0.15, 0.2) is 0 Å². The van der Waals surface area contributed by atoms with Crippen LogP contribution in [0, 0.1) is 13.8 Å². The summed E-state index contributed by atoms with van der Waals surface area (Å²) < 4.78 is 28.1. The Bertz CT molecular complexity index is 1360. The molecule has 2 N–H and O–H groups in total. The van der Waals surface area contributed by atoms with Crippen LogP contribution < -0.4 is 14.9 Å². The summed E-state index contributed by atoms with van der Waals surface area (Å²) >= 11 is 6.26. The van der Waals surface area contributed by atoms with Crippen molar-refractivity contribution in [2.45, 2.75) is 18.7 Å². The Morgan fingerprint density at radius 1 is 1.03 bits per heavy atom. The lowest BCUT2D eigenvalue weighted by Gasteiger charge is -2.25. The van der Waals surface area contributed by atoms with Gasteiger partial charge in [0.1, 0.15) is 6.54 Å². The van der Waals surface area contributed by atoms with E-state index in [1.54, 1.807) is 61.5 Å². The number of carbonyl (C=O) groups excluding carboxylic acids is 2. The van der Waals surface area contributed by atoms with E-state index in [1.807, 2.05) is 6.92 Å². The minimum absolute atomic E-state index is 0.0387. The fourth-order valence-electron chi connectivity index (χ4n) is 3.26. The van der Waals surface area contributed by atoms with Crippen LogP contribution in [0.3, 0.4) is 0 Å². The van der Waals surface area contributed by atoms with E-state index in [2.05, 4.69) is 17.2 Å². The Morgan fingerprint density at radius 3 is 2.37 bits per heavy atom. The molecule has 0 aliphatic rings. The van der Waals surface area contributed by atoms with Gasteiger partial charge in [-0.05, 0) is 55.8 Å². The summed E-state index contributed by atoms with van der Waals surface area (Å²) in [5.74, 6) is -1.02. The van der Waals surface area contributed by atoms with Crippen molar-refractivity contribution < 1.29 is 18.0 Å². The highest BCUT2D eigenvalue weighted by atomic mass is 35.5. The molecule has 0 aromatic heterocycles. The number of anilines is 2. The van der Waals surface area contributed by atoms with Crippen molar-refractivity contribution in [2.24, 2.45) is 0 Å². The molecule has 0 unspecified atom stereocenters. The van der Waals surface area contributed by atoms with E-state index in [-0.39, 0.29) is 28.4 Å². The first-order valence-electron chi connectivity index (χ1n) is 10.8. The van der Waals surface area contributed by atoms with Gasteiger partial charge < -0.3 is 10.6 Å². The first-order valence-corrected chi connectivity index (χ1v) is 12.6. The van der Waals surface area contributed by atoms with E-state index in [9.17, 15) is 18.0 Å². The van der Waals surface area contributed by atoms with Crippen LogP contribution in [0.1, 0.15) is 21.5 Å². The van der Waals surface area contributed by atoms with Gasteiger partial charge in [0, 0.05) is 11.6 Å². The van der Waals surface area contributed by atoms with Gasteiger partial charge in [0.2, 0.25) is 5.91 Å². The molecule has 9 heteroatoms. The van der Waals surface area contributed by atoms with Gasteiger partial charge in [-0.1, -0.05) is 53.6 Å². The van der Waals surface area contributed by atoms with Gasteiger partial charge in [0.25, 0.3) is 15.9 Å². The highest BCUT2D eigenvalue weighted by Gasteiger charge is 2.28. The maximum absolute atomic E-state index is 13.6. The van der Waals surface area contributed by atoms with Gasteiger partial charge >= 0.3 is 0 Å². The molecule has 0 aliphatic heterocycles. The van der Waals surface area contributed by atoms with Gasteiger partial charge in [-0.3, -0.25) is 13.9 Å². The van der Waals surface area contributed by atoms with Crippen molar-refractivity contribution in [3.05, 3.63) is 101 Å². The molecule has 182 valence electrons. The average Bonchev–Trinajstić information content (AvgIpc) is 2.83. The fourth-order valence-corrected chi connectivity index (χ4v) is 4.85. The fraction of sp³-hybridized carbons (Fsp3) is 0.154. The normalized spacial score (nSPS) is 10.9. The van der Waals surface area contributed by atoms with Crippen molar-refractivity contribution >= 4 is 44.8 Å². The van der Waals surface area contributed by atoms with Crippen LogP contribution in [0.25, 0.3) is 0 Å². The van der Waals surface area contributed by atoms with E-state index in [0.717, 1.165) is 15.4 Å². The molecule has 3 rings (SSSR count). The van der Waals surface area contributed by atoms with Crippen LogP contribution in [0.15, 0.2) is 84.3 Å². The molecule has 0 saturated carbocycles. The van der Waals surface area contributed by atoms with Crippen molar-refractivity contribution in [3.8, 4) is 0 Å². The predicted octanol–water partition coefficient (Wildman–Crippen LogP) is 4.71. The summed E-state index contributed by atoms with van der Waals surface area (Å²) in [5, 5.41) is 5.70. The highest BCUT2D eigenvalue weighted by Crippen LogP contribution is 2.28. The molecule has 2 amide bonds. The van der Waals surface area contributed by atoms with E-state index in [1.165, 1.54) is 18.2 Å². The zero-order valence-electron chi connectivity index (χ0n) is 19.4. The van der Waals surface area contributed by atoms with Crippen molar-refractivity contribution in [2.75, 3.05) is 22.7 Å². The van der Waals surface area contributed by atoms with Gasteiger partial charge in [-0.2, -0.15) is 0 Å². The standard InChI is InChI=1S/C26H26ClN3O4S/c1-4-15-28-26(32)22-7-5-6-8-24(22)29-25(31)17-30(20-12-11-19(3)23(27)16-20)35(33,34)21-13-9-18(2)10-14-21/h4-14,16H,1,15,17H2,2-3H3,(H,28,32)(H,29,31). The quantitative estimate of drug-likeness (QED) is 0.407. The van der Waals surface area contributed by atoms with E-state index in [4.69, 9.17) is 11.6 Å². The minimum atomic E-state index is -4.10. The van der Waals surface area contributed by atoms with E-state index < -0.39 is 28.4 Å². The SMILES string of the molecule is C=CCNC(=O)c1ccccc1NC(=O)CN(c1ccc(C)c(Cl)c1)S(=O)(=O)c1ccc(C)cc1. The lowest BCUT2D eigenvalue weighted by Crippen LogP contribution is -2.38. The molecule has 3 aromatic carbocycles. The minimum Gasteiger partial charge on any atom is -0.349 e. The second-order valence-corrected chi connectivity index (χ2v) is 10.1. The molecule has 35 heavy (non-hydrogen) atoms. The summed E-state index contributed by atoms with van der Waals surface area (Å²) in [4.78, 5) is 25.6. The maximum atomic E-state index is 13.6. The van der Waals surface area contributed by atoms with E-state index in [0.29, 0.717) is 5.02 Å². The average molecular weight is 512 g/mol. The number of nitrogens with zero attached hydrogens (tertiary/aromatic N) is 1. The van der Waals surface area contributed by atoms with Crippen LogP contribution in [-0.4, -0.2) is 33.3 Å². The number of rotatable bonds is 9. The van der Waals surface area contributed by atoms with Crippen LogP contribution in [0.5, 0.6) is 0 Å². The molecule has 7 nitrogen and oxygen atoms in total. The Kier molecular flexibility index (Phi) is 8.32. The Balaban J connectivity index is 1.95. The number of benzene rings is 3. The molecule has 3 aromatic rings. The third-order valence-electron chi connectivity index (χ3n) is 5.19. The maximum Gasteiger partial charge on any atom is 0.264 e. The van der Waals surface area contributed by atoms with Crippen molar-refractivity contribution in [3.63, 3.8) is 0 Å². The predicted molar refractivity (Wildman–Crippen MR) is 140 cm³/mol. The van der Waals surface area contributed by atoms with Gasteiger partial charge in [-0.15, -0.1) is 6.58 Å². The summed E-state index contributed by atoms with van der Waals surface area (Å²) in [6.45, 7) is 6.95. The molecule has 0 aliphatic carbocycles. The first kappa shape index (κ1) is 26.0. The third-order valence-corrected chi connectivity index (χ3v) is 7.39. The molecule has 0 saturated heterocycles. The smallest absolute Gasteiger partial charge is 0.264 e. The number of carbonyl (C=O) groups is 2. The number of halogens is 1. The molecule has 0 radical (unpaired) electrons. The Morgan fingerprint density at radius 2 is 1.71 bits per heavy atom. The van der Waals surface area contributed by atoms with Crippen molar-refractivity contribution in [1.29, 1.82) is 0 Å². The first-order chi connectivity index (χ1) is 16.6. The summed E-state index contributed by atoms with van der Waals surface area (Å²) in [7, 11) is -4.10. The number of aryl methyl sites for hydroxylation is 2. The lowest BCUT2D eigenvalue weighted by atomic mass is 10.1. The number of amides is 2. The molecule has 0 atom stereocenters. The molecular weight excluding hydrogens is 486 g/mol. The topological polar surface area (TPSA) is 95.6 Å². The largest absolute Gasteiger partial charge is 0.349 e. The number of hydrogen-bond acceptors (Lipinski definition) is 4. The Hall–Kier alpha value is -3.62. The molecule has 0 bridgehead atoms. The highest BCUT2D eigenvalue weighted by molar-refractivity contribution is 7.92. The van der Waals surface area contributed by atoms with Gasteiger partial charge in [-0.25, -0.2) is 8.42 Å². The lowest BCUT2D eigenvalue weighted by molar-refractivity contribution is -0.114. The summed E-state index contributed by atoms with van der Waals surface area (Å²) in [5.41, 5.74) is 2.42. The zero-order chi connectivity index (χ0) is 25.6. The number of para-hydroxylation sites is 1. The van der Waals surface area contributed by atoms with Crippen LogP contribution in [0.2, 0.25) is 5.02 Å². The molecular formula is C26H26ClN3O4S. The summed E-state index contributed by atoms with van der Waals surface area (Å²) in [6.07, 6.45) is 1.54. The monoisotopic (exact) mass is 511 g/mol. The second-order valence-electron chi connectivity index (χ2n) is 7.85. The van der Waals surface area contributed by atoms with E-state index >= 15 is 0 Å². The second kappa shape index (κ2) is 11.2. The third kappa shape index (κ3) is 6.29. The Labute approximate surface area is 210 Å². The summed E-state index contributed by atoms with van der Waals surface area (Å²) in [6, 6.07) is 17.6. The number of nitrogens with one attached hydrogen (secondary N) is 2. The zero-order valence-corrected chi connectivity index (χ0v) is 21.0.